The van der Waals surface area contributed by atoms with Crippen LogP contribution in [-0.2, 0) is 17.8 Å². The maximum absolute atomic E-state index is 12.3. The lowest BCUT2D eigenvalue weighted by Crippen LogP contribution is -2.19. The Morgan fingerprint density at radius 1 is 1.03 bits per heavy atom. The van der Waals surface area contributed by atoms with Crippen molar-refractivity contribution in [3.63, 3.8) is 0 Å². The molecule has 8 heteroatoms. The van der Waals surface area contributed by atoms with E-state index in [9.17, 15) is 4.79 Å². The molecule has 0 atom stereocenters. The molecule has 0 unspecified atom stereocenters. The fourth-order valence-electron chi connectivity index (χ4n) is 3.64. The molecule has 0 aliphatic carbocycles. The number of aromatic nitrogens is 2. The van der Waals surface area contributed by atoms with E-state index in [4.69, 9.17) is 4.74 Å². The molecule has 156 valence electrons. The van der Waals surface area contributed by atoms with E-state index in [1.54, 1.807) is 17.7 Å². The molecule has 7 nitrogen and oxygen atoms in total. The molecule has 4 aromatic rings. The number of thiophene rings is 1. The van der Waals surface area contributed by atoms with Gasteiger partial charge in [-0.15, -0.1) is 11.3 Å². The Hall–Kier alpha value is -3.49. The van der Waals surface area contributed by atoms with E-state index in [1.807, 2.05) is 55.5 Å². The van der Waals surface area contributed by atoms with Crippen LogP contribution in [0.5, 0.6) is 0 Å². The number of fused-ring (bicyclic) bond motifs is 3. The van der Waals surface area contributed by atoms with Gasteiger partial charge in [0.1, 0.15) is 17.0 Å². The Labute approximate surface area is 183 Å². The molecule has 0 saturated carbocycles. The lowest BCUT2D eigenvalue weighted by atomic mass is 10.1. The van der Waals surface area contributed by atoms with Crippen LogP contribution in [0, 0.1) is 6.92 Å². The number of aryl methyl sites for hydroxylation is 1. The third-order valence-electron chi connectivity index (χ3n) is 5.08. The molecule has 2 amide bonds. The molecule has 0 spiro atoms. The fraction of sp³-hybridized carbons (Fsp3) is 0.174. The van der Waals surface area contributed by atoms with Gasteiger partial charge < -0.3 is 20.7 Å². The predicted molar refractivity (Wildman–Crippen MR) is 124 cm³/mol. The number of rotatable bonds is 4. The van der Waals surface area contributed by atoms with Gasteiger partial charge >= 0.3 is 6.03 Å². The van der Waals surface area contributed by atoms with E-state index in [0.717, 1.165) is 46.0 Å². The highest BCUT2D eigenvalue weighted by atomic mass is 32.1. The topological polar surface area (TPSA) is 88.2 Å². The molecule has 0 radical (unpaired) electrons. The molecule has 0 fully saturated rings. The number of nitrogens with one attached hydrogen (secondary N) is 3. The van der Waals surface area contributed by atoms with Gasteiger partial charge in [-0.1, -0.05) is 12.1 Å². The minimum Gasteiger partial charge on any atom is -0.376 e. The summed E-state index contributed by atoms with van der Waals surface area (Å²) in [4.78, 5) is 23.4. The Bertz CT molecular complexity index is 1250. The second kappa shape index (κ2) is 8.33. The van der Waals surface area contributed by atoms with Gasteiger partial charge in [0, 0.05) is 21.9 Å². The van der Waals surface area contributed by atoms with Crippen LogP contribution in [0.15, 0.2) is 54.9 Å². The summed E-state index contributed by atoms with van der Waals surface area (Å²) in [6, 6.07) is 14.9. The van der Waals surface area contributed by atoms with Gasteiger partial charge in [-0.3, -0.25) is 0 Å². The number of carbonyl (C=O) groups excluding carboxylic acids is 1. The van der Waals surface area contributed by atoms with Crippen LogP contribution in [0.3, 0.4) is 0 Å². The zero-order valence-electron chi connectivity index (χ0n) is 16.9. The zero-order chi connectivity index (χ0) is 21.2. The quantitative estimate of drug-likeness (QED) is 0.399. The first-order chi connectivity index (χ1) is 15.2. The van der Waals surface area contributed by atoms with Crippen LogP contribution in [0.2, 0.25) is 0 Å². The van der Waals surface area contributed by atoms with Gasteiger partial charge in [-0.2, -0.15) is 0 Å². The summed E-state index contributed by atoms with van der Waals surface area (Å²) in [6.45, 7) is 3.35. The third kappa shape index (κ3) is 4.21. The lowest BCUT2D eigenvalue weighted by Gasteiger charge is -2.13. The average molecular weight is 432 g/mol. The Balaban J connectivity index is 1.30. The Kier molecular flexibility index (Phi) is 5.23. The van der Waals surface area contributed by atoms with Crippen molar-refractivity contribution in [3.8, 4) is 0 Å². The fourth-order valence-corrected chi connectivity index (χ4v) is 4.77. The third-order valence-corrected chi connectivity index (χ3v) is 6.20. The summed E-state index contributed by atoms with van der Waals surface area (Å²) >= 11 is 1.66. The maximum Gasteiger partial charge on any atom is 0.323 e. The van der Waals surface area contributed by atoms with E-state index in [0.29, 0.717) is 12.3 Å². The summed E-state index contributed by atoms with van der Waals surface area (Å²) < 4.78 is 5.57. The summed E-state index contributed by atoms with van der Waals surface area (Å²) in [5.74, 6) is 0.794. The molecule has 3 N–H and O–H groups in total. The van der Waals surface area contributed by atoms with E-state index < -0.39 is 0 Å². The van der Waals surface area contributed by atoms with Crippen LogP contribution in [0.25, 0.3) is 10.2 Å². The number of amides is 2. The van der Waals surface area contributed by atoms with E-state index in [2.05, 4.69) is 25.9 Å². The molecule has 5 rings (SSSR count). The number of ether oxygens (including phenoxy) is 1. The van der Waals surface area contributed by atoms with Crippen molar-refractivity contribution in [3.05, 3.63) is 70.9 Å². The summed E-state index contributed by atoms with van der Waals surface area (Å²) in [6.07, 6.45) is 2.45. The number of benzene rings is 2. The molecule has 1 aliphatic rings. The standard InChI is InChI=1S/C23H21N5O2S/c1-14-3-2-4-17(11-14)28-23(29)27-16-7-5-15(6-8-16)26-21-20-18-9-10-30-12-19(18)31-22(20)25-13-24-21/h2-8,11,13H,9-10,12H2,1H3,(H,24,25,26)(H2,27,28,29). The van der Waals surface area contributed by atoms with Crippen LogP contribution in [-0.4, -0.2) is 22.6 Å². The van der Waals surface area contributed by atoms with Crippen molar-refractivity contribution >= 4 is 50.5 Å². The normalized spacial score (nSPS) is 12.9. The predicted octanol–water partition coefficient (Wildman–Crippen LogP) is 5.46. The summed E-state index contributed by atoms with van der Waals surface area (Å²) in [5.41, 5.74) is 4.71. The molecular weight excluding hydrogens is 410 g/mol. The number of nitrogens with zero attached hydrogens (tertiary/aromatic N) is 2. The van der Waals surface area contributed by atoms with Crippen LogP contribution in [0.4, 0.5) is 27.7 Å². The van der Waals surface area contributed by atoms with Crippen molar-refractivity contribution < 1.29 is 9.53 Å². The number of hydrogen-bond donors (Lipinski definition) is 3. The SMILES string of the molecule is Cc1cccc(NC(=O)Nc2ccc(Nc3ncnc4sc5c(c34)CCOC5)cc2)c1. The highest BCUT2D eigenvalue weighted by Gasteiger charge is 2.20. The first-order valence-corrected chi connectivity index (χ1v) is 10.8. The lowest BCUT2D eigenvalue weighted by molar-refractivity contribution is 0.114. The first kappa shape index (κ1) is 19.5. The number of urea groups is 1. The van der Waals surface area contributed by atoms with Gasteiger partial charge in [0.25, 0.3) is 0 Å². The smallest absolute Gasteiger partial charge is 0.323 e. The van der Waals surface area contributed by atoms with E-state index in [1.165, 1.54) is 10.4 Å². The highest BCUT2D eigenvalue weighted by molar-refractivity contribution is 7.18. The number of carbonyl (C=O) groups is 1. The second-order valence-corrected chi connectivity index (χ2v) is 8.44. The maximum atomic E-state index is 12.3. The van der Waals surface area contributed by atoms with Crippen LogP contribution in [0.1, 0.15) is 16.0 Å². The van der Waals surface area contributed by atoms with Crippen LogP contribution < -0.4 is 16.0 Å². The van der Waals surface area contributed by atoms with Crippen molar-refractivity contribution in [1.82, 2.24) is 9.97 Å². The summed E-state index contributed by atoms with van der Waals surface area (Å²) in [5, 5.41) is 10.2. The number of anilines is 4. The minimum atomic E-state index is -0.282. The molecule has 3 heterocycles. The molecule has 0 saturated heterocycles. The van der Waals surface area contributed by atoms with Crippen molar-refractivity contribution in [1.29, 1.82) is 0 Å². The largest absolute Gasteiger partial charge is 0.376 e. The molecule has 2 aromatic carbocycles. The van der Waals surface area contributed by atoms with Crippen molar-refractivity contribution in [2.24, 2.45) is 0 Å². The highest BCUT2D eigenvalue weighted by Crippen LogP contribution is 2.37. The van der Waals surface area contributed by atoms with Gasteiger partial charge in [-0.25, -0.2) is 14.8 Å². The van der Waals surface area contributed by atoms with Gasteiger partial charge in [0.15, 0.2) is 0 Å². The zero-order valence-corrected chi connectivity index (χ0v) is 17.8. The average Bonchev–Trinajstić information content (AvgIpc) is 3.15. The first-order valence-electron chi connectivity index (χ1n) is 10.0. The molecule has 2 aromatic heterocycles. The van der Waals surface area contributed by atoms with Crippen molar-refractivity contribution in [2.45, 2.75) is 20.0 Å². The van der Waals surface area contributed by atoms with E-state index >= 15 is 0 Å². The van der Waals surface area contributed by atoms with Crippen LogP contribution >= 0.6 is 11.3 Å². The number of hydrogen-bond acceptors (Lipinski definition) is 6. The molecule has 31 heavy (non-hydrogen) atoms. The monoisotopic (exact) mass is 431 g/mol. The minimum absolute atomic E-state index is 0.282. The summed E-state index contributed by atoms with van der Waals surface area (Å²) in [7, 11) is 0. The van der Waals surface area contributed by atoms with Crippen molar-refractivity contribution in [2.75, 3.05) is 22.6 Å². The molecular formula is C23H21N5O2S. The van der Waals surface area contributed by atoms with Gasteiger partial charge in [0.05, 0.1) is 18.6 Å². The Morgan fingerprint density at radius 3 is 2.68 bits per heavy atom. The van der Waals surface area contributed by atoms with Gasteiger partial charge in [-0.05, 0) is 60.9 Å². The van der Waals surface area contributed by atoms with E-state index in [-0.39, 0.29) is 6.03 Å². The second-order valence-electron chi connectivity index (χ2n) is 7.36. The van der Waals surface area contributed by atoms with Gasteiger partial charge in [0.2, 0.25) is 0 Å². The molecule has 1 aliphatic heterocycles. The molecule has 0 bridgehead atoms. The Morgan fingerprint density at radius 2 is 1.84 bits per heavy atom.